The van der Waals surface area contributed by atoms with Crippen LogP contribution in [0.4, 0.5) is 14.9 Å². The summed E-state index contributed by atoms with van der Waals surface area (Å²) >= 11 is 0. The van der Waals surface area contributed by atoms with Gasteiger partial charge >= 0.3 is 6.03 Å². The number of carbonyl (C=O) groups is 1. The molecule has 1 fully saturated rings. The molecule has 0 unspecified atom stereocenters. The first kappa shape index (κ1) is 15.6. The number of carbonyl (C=O) groups excluding carboxylic acids is 1. The lowest BCUT2D eigenvalue weighted by molar-refractivity contribution is 0.184. The average Bonchev–Trinajstić information content (AvgIpc) is 3.05. The Labute approximate surface area is 145 Å². The monoisotopic (exact) mass is 338 g/mol. The number of halogens is 1. The van der Waals surface area contributed by atoms with Crippen molar-refractivity contribution in [3.05, 3.63) is 60.7 Å². The van der Waals surface area contributed by atoms with Gasteiger partial charge in [-0.3, -0.25) is 0 Å². The second-order valence-electron chi connectivity index (χ2n) is 6.30. The zero-order valence-electron chi connectivity index (χ0n) is 13.7. The molecule has 1 N–H and O–H groups in total. The van der Waals surface area contributed by atoms with E-state index in [4.69, 9.17) is 0 Å². The molecule has 2 amide bonds. The number of aromatic nitrogens is 2. The Hall–Kier alpha value is -2.89. The van der Waals surface area contributed by atoms with Crippen molar-refractivity contribution in [3.63, 3.8) is 0 Å². The quantitative estimate of drug-likeness (QED) is 0.766. The van der Waals surface area contributed by atoms with E-state index in [-0.39, 0.29) is 17.9 Å². The molecule has 2 aromatic carbocycles. The first-order valence-electron chi connectivity index (χ1n) is 8.44. The number of nitrogens with zero attached hydrogens (tertiary/aromatic N) is 3. The molecule has 0 aliphatic carbocycles. The Morgan fingerprint density at radius 2 is 1.88 bits per heavy atom. The summed E-state index contributed by atoms with van der Waals surface area (Å²) in [6.45, 7) is 1.37. The van der Waals surface area contributed by atoms with Gasteiger partial charge in [-0.05, 0) is 37.1 Å². The molecule has 0 bridgehead atoms. The maximum atomic E-state index is 13.3. The molecule has 0 radical (unpaired) electrons. The lowest BCUT2D eigenvalue weighted by atomic mass is 10.0. The molecule has 25 heavy (non-hydrogen) atoms. The zero-order chi connectivity index (χ0) is 17.2. The normalized spacial score (nSPS) is 15.5. The molecule has 0 saturated carbocycles. The van der Waals surface area contributed by atoms with E-state index < -0.39 is 0 Å². The van der Waals surface area contributed by atoms with Gasteiger partial charge in [0.2, 0.25) is 0 Å². The van der Waals surface area contributed by atoms with E-state index in [1.165, 1.54) is 12.1 Å². The maximum absolute atomic E-state index is 13.3. The van der Waals surface area contributed by atoms with Crippen LogP contribution >= 0.6 is 0 Å². The molecule has 5 nitrogen and oxygen atoms in total. The fraction of sp³-hybridized carbons (Fsp3) is 0.263. The number of imidazole rings is 1. The lowest BCUT2D eigenvalue weighted by Gasteiger charge is -2.32. The summed E-state index contributed by atoms with van der Waals surface area (Å²) in [6.07, 6.45) is 3.48. The molecule has 4 rings (SSSR count). The third kappa shape index (κ3) is 3.20. The summed E-state index contributed by atoms with van der Waals surface area (Å²) in [7, 11) is 0. The Bertz CT molecular complexity index is 885. The van der Waals surface area contributed by atoms with Crippen molar-refractivity contribution < 1.29 is 9.18 Å². The van der Waals surface area contributed by atoms with E-state index in [9.17, 15) is 9.18 Å². The Morgan fingerprint density at radius 3 is 2.64 bits per heavy atom. The van der Waals surface area contributed by atoms with Crippen molar-refractivity contribution in [1.29, 1.82) is 0 Å². The third-order valence-electron chi connectivity index (χ3n) is 4.71. The van der Waals surface area contributed by atoms with Crippen molar-refractivity contribution in [2.45, 2.75) is 18.9 Å². The van der Waals surface area contributed by atoms with Crippen LogP contribution < -0.4 is 5.32 Å². The molecule has 1 saturated heterocycles. The van der Waals surface area contributed by atoms with Crippen molar-refractivity contribution in [2.24, 2.45) is 0 Å². The highest BCUT2D eigenvalue weighted by atomic mass is 19.1. The summed E-state index contributed by atoms with van der Waals surface area (Å²) in [5.41, 5.74) is 2.41. The molecule has 0 atom stereocenters. The van der Waals surface area contributed by atoms with Gasteiger partial charge in [0.25, 0.3) is 0 Å². The average molecular weight is 338 g/mol. The number of benzene rings is 2. The van der Waals surface area contributed by atoms with Gasteiger partial charge < -0.3 is 14.8 Å². The van der Waals surface area contributed by atoms with Crippen molar-refractivity contribution in [1.82, 2.24) is 14.5 Å². The number of likely N-dealkylation sites (tertiary alicyclic amines) is 1. The molecule has 1 aliphatic rings. The second kappa shape index (κ2) is 6.55. The smallest absolute Gasteiger partial charge is 0.321 e. The van der Waals surface area contributed by atoms with E-state index in [2.05, 4.69) is 14.9 Å². The van der Waals surface area contributed by atoms with E-state index in [1.54, 1.807) is 12.4 Å². The number of urea groups is 1. The lowest BCUT2D eigenvalue weighted by Crippen LogP contribution is -2.41. The molecule has 128 valence electrons. The highest BCUT2D eigenvalue weighted by Gasteiger charge is 2.24. The Kier molecular flexibility index (Phi) is 4.09. The van der Waals surface area contributed by atoms with Gasteiger partial charge in [-0.15, -0.1) is 0 Å². The van der Waals surface area contributed by atoms with Crippen LogP contribution in [0.25, 0.3) is 11.0 Å². The second-order valence-corrected chi connectivity index (χ2v) is 6.30. The number of hydrogen-bond acceptors (Lipinski definition) is 2. The summed E-state index contributed by atoms with van der Waals surface area (Å²) in [5.74, 6) is -0.273. The van der Waals surface area contributed by atoms with Crippen LogP contribution in [0.3, 0.4) is 0 Å². The molecule has 0 spiro atoms. The molecular formula is C19H19FN4O. The standard InChI is InChI=1S/C19H19FN4O/c20-14-6-7-18-17(12-14)21-13-24(18)16-8-10-23(11-9-16)19(25)22-15-4-2-1-3-5-15/h1-7,12-13,16H,8-11H2,(H,22,25). The summed E-state index contributed by atoms with van der Waals surface area (Å²) in [5, 5.41) is 2.92. The molecular weight excluding hydrogens is 319 g/mol. The van der Waals surface area contributed by atoms with Gasteiger partial charge in [0.15, 0.2) is 0 Å². The van der Waals surface area contributed by atoms with Gasteiger partial charge in [-0.25, -0.2) is 14.2 Å². The van der Waals surface area contributed by atoms with E-state index in [1.807, 2.05) is 35.2 Å². The van der Waals surface area contributed by atoms with Crippen molar-refractivity contribution >= 4 is 22.8 Å². The number of fused-ring (bicyclic) bond motifs is 1. The Morgan fingerprint density at radius 1 is 1.12 bits per heavy atom. The SMILES string of the molecule is O=C(Nc1ccccc1)N1CCC(n2cnc3cc(F)ccc32)CC1. The van der Waals surface area contributed by atoms with Crippen molar-refractivity contribution in [3.8, 4) is 0 Å². The highest BCUT2D eigenvalue weighted by molar-refractivity contribution is 5.89. The fourth-order valence-electron chi connectivity index (χ4n) is 3.37. The van der Waals surface area contributed by atoms with Crippen LogP contribution in [-0.4, -0.2) is 33.6 Å². The van der Waals surface area contributed by atoms with Gasteiger partial charge in [0.05, 0.1) is 17.4 Å². The van der Waals surface area contributed by atoms with E-state index >= 15 is 0 Å². The summed E-state index contributed by atoms with van der Waals surface area (Å²) < 4.78 is 15.4. The maximum Gasteiger partial charge on any atom is 0.321 e. The van der Waals surface area contributed by atoms with Crippen LogP contribution in [0.5, 0.6) is 0 Å². The van der Waals surface area contributed by atoms with Crippen LogP contribution in [0.2, 0.25) is 0 Å². The minimum Gasteiger partial charge on any atom is -0.327 e. The first-order chi connectivity index (χ1) is 12.2. The van der Waals surface area contributed by atoms with Gasteiger partial charge in [-0.1, -0.05) is 18.2 Å². The summed E-state index contributed by atoms with van der Waals surface area (Å²) in [4.78, 5) is 18.5. The van der Waals surface area contributed by atoms with E-state index in [0.717, 1.165) is 24.0 Å². The van der Waals surface area contributed by atoms with Crippen LogP contribution in [0, 0.1) is 5.82 Å². The largest absolute Gasteiger partial charge is 0.327 e. The van der Waals surface area contributed by atoms with Crippen LogP contribution in [-0.2, 0) is 0 Å². The number of amides is 2. The van der Waals surface area contributed by atoms with Gasteiger partial charge in [0.1, 0.15) is 5.82 Å². The fourth-order valence-corrected chi connectivity index (χ4v) is 3.37. The van der Waals surface area contributed by atoms with Crippen LogP contribution in [0.1, 0.15) is 18.9 Å². The molecule has 1 aromatic heterocycles. The number of nitrogens with one attached hydrogen (secondary N) is 1. The Balaban J connectivity index is 1.41. The highest BCUT2D eigenvalue weighted by Crippen LogP contribution is 2.27. The van der Waals surface area contributed by atoms with Gasteiger partial charge in [0, 0.05) is 30.9 Å². The number of anilines is 1. The molecule has 3 aromatic rings. The number of rotatable bonds is 2. The minimum absolute atomic E-state index is 0.0674. The third-order valence-corrected chi connectivity index (χ3v) is 4.71. The van der Waals surface area contributed by atoms with Gasteiger partial charge in [-0.2, -0.15) is 0 Å². The van der Waals surface area contributed by atoms with Crippen LogP contribution in [0.15, 0.2) is 54.9 Å². The van der Waals surface area contributed by atoms with Crippen molar-refractivity contribution in [2.75, 3.05) is 18.4 Å². The number of hydrogen-bond donors (Lipinski definition) is 1. The minimum atomic E-state index is -0.273. The topological polar surface area (TPSA) is 50.2 Å². The number of para-hydroxylation sites is 1. The zero-order valence-corrected chi connectivity index (χ0v) is 13.7. The molecule has 6 heteroatoms. The first-order valence-corrected chi connectivity index (χ1v) is 8.44. The predicted octanol–water partition coefficient (Wildman–Crippen LogP) is 4.04. The number of piperidine rings is 1. The molecule has 2 heterocycles. The predicted molar refractivity (Wildman–Crippen MR) is 95.0 cm³/mol. The molecule has 1 aliphatic heterocycles. The summed E-state index contributed by atoms with van der Waals surface area (Å²) in [6, 6.07) is 14.4. The van der Waals surface area contributed by atoms with E-state index in [0.29, 0.717) is 18.6 Å².